The van der Waals surface area contributed by atoms with Crippen molar-refractivity contribution in [1.82, 2.24) is 14.7 Å². The summed E-state index contributed by atoms with van der Waals surface area (Å²) < 4.78 is 15.8. The van der Waals surface area contributed by atoms with Crippen molar-refractivity contribution in [2.45, 2.75) is 20.0 Å². The summed E-state index contributed by atoms with van der Waals surface area (Å²) in [6, 6.07) is 6.22. The average Bonchev–Trinajstić information content (AvgIpc) is 2.73. The van der Waals surface area contributed by atoms with E-state index in [4.69, 9.17) is 0 Å². The molecule has 1 N–H and O–H groups in total. The molecular formula is C15H16FN3O2. The van der Waals surface area contributed by atoms with E-state index in [0.717, 1.165) is 11.4 Å². The van der Waals surface area contributed by atoms with Crippen LogP contribution >= 0.6 is 0 Å². The Morgan fingerprint density at radius 2 is 2.05 bits per heavy atom. The number of hydrogen-bond donors (Lipinski definition) is 1. The van der Waals surface area contributed by atoms with Gasteiger partial charge in [0.1, 0.15) is 11.5 Å². The minimum Gasteiger partial charge on any atom is -0.389 e. The Morgan fingerprint density at radius 3 is 2.57 bits per heavy atom. The second-order valence-electron chi connectivity index (χ2n) is 5.37. The van der Waals surface area contributed by atoms with Crippen molar-refractivity contribution in [3.05, 3.63) is 47.0 Å². The van der Waals surface area contributed by atoms with Gasteiger partial charge < -0.3 is 10.0 Å². The van der Waals surface area contributed by atoms with Gasteiger partial charge in [0.15, 0.2) is 0 Å². The van der Waals surface area contributed by atoms with Crippen LogP contribution in [0.1, 0.15) is 21.7 Å². The molecular weight excluding hydrogens is 273 g/mol. The lowest BCUT2D eigenvalue weighted by Gasteiger charge is -2.35. The molecule has 3 rings (SSSR count). The average molecular weight is 289 g/mol. The predicted molar refractivity (Wildman–Crippen MR) is 74.9 cm³/mol. The van der Waals surface area contributed by atoms with Crippen LogP contribution in [0.5, 0.6) is 0 Å². The second kappa shape index (κ2) is 4.96. The van der Waals surface area contributed by atoms with Crippen LogP contribution in [0.15, 0.2) is 24.3 Å². The van der Waals surface area contributed by atoms with Crippen LogP contribution in [0.3, 0.4) is 0 Å². The van der Waals surface area contributed by atoms with E-state index in [1.54, 1.807) is 12.1 Å². The minimum absolute atomic E-state index is 0.265. The van der Waals surface area contributed by atoms with Crippen LogP contribution in [0.2, 0.25) is 0 Å². The van der Waals surface area contributed by atoms with E-state index in [-0.39, 0.29) is 11.5 Å². The third-order valence-corrected chi connectivity index (χ3v) is 3.58. The molecule has 0 radical (unpaired) electrons. The van der Waals surface area contributed by atoms with Gasteiger partial charge in [-0.25, -0.2) is 9.07 Å². The summed E-state index contributed by atoms with van der Waals surface area (Å²) in [5.74, 6) is -0.757. The van der Waals surface area contributed by atoms with E-state index in [9.17, 15) is 14.3 Å². The number of rotatable bonds is 2. The number of carbonyl (C=O) groups excluding carboxylic acids is 1. The number of nitrogens with zero attached hydrogens (tertiary/aromatic N) is 3. The SMILES string of the molecule is Cc1cc(C)n(-c2ccc(C(=O)N3CC(O)C3)cc2F)n1. The minimum atomic E-state index is -0.492. The van der Waals surface area contributed by atoms with Crippen LogP contribution < -0.4 is 0 Å². The molecule has 5 nitrogen and oxygen atoms in total. The molecule has 0 saturated carbocycles. The van der Waals surface area contributed by atoms with Crippen LogP contribution in [-0.2, 0) is 0 Å². The van der Waals surface area contributed by atoms with Crippen molar-refractivity contribution < 1.29 is 14.3 Å². The Hall–Kier alpha value is -2.21. The zero-order chi connectivity index (χ0) is 15.1. The molecule has 1 aromatic heterocycles. The zero-order valence-corrected chi connectivity index (χ0v) is 11.9. The van der Waals surface area contributed by atoms with Gasteiger partial charge in [0.25, 0.3) is 5.91 Å². The number of carbonyl (C=O) groups is 1. The first-order valence-electron chi connectivity index (χ1n) is 6.76. The van der Waals surface area contributed by atoms with E-state index in [1.165, 1.54) is 15.6 Å². The number of likely N-dealkylation sites (tertiary alicyclic amines) is 1. The smallest absolute Gasteiger partial charge is 0.254 e. The number of benzene rings is 1. The highest BCUT2D eigenvalue weighted by atomic mass is 19.1. The second-order valence-corrected chi connectivity index (χ2v) is 5.37. The number of aliphatic hydroxyl groups is 1. The molecule has 1 aliphatic rings. The summed E-state index contributed by atoms with van der Waals surface area (Å²) in [5, 5.41) is 13.5. The van der Waals surface area contributed by atoms with Gasteiger partial charge in [-0.1, -0.05) is 0 Å². The Bertz CT molecular complexity index is 705. The van der Waals surface area contributed by atoms with E-state index < -0.39 is 11.9 Å². The van der Waals surface area contributed by atoms with Crippen molar-refractivity contribution in [2.24, 2.45) is 0 Å². The number of aryl methyl sites for hydroxylation is 2. The Kier molecular flexibility index (Phi) is 3.25. The highest BCUT2D eigenvalue weighted by Gasteiger charge is 2.29. The number of aliphatic hydroxyl groups excluding tert-OH is 1. The van der Waals surface area contributed by atoms with Gasteiger partial charge in [-0.2, -0.15) is 5.10 Å². The standard InChI is InChI=1S/C15H16FN3O2/c1-9-5-10(2)19(17-9)14-4-3-11(6-13(14)16)15(21)18-7-12(20)8-18/h3-6,12,20H,7-8H2,1-2H3. The molecule has 1 aromatic carbocycles. The van der Waals surface area contributed by atoms with Crippen LogP contribution in [0.4, 0.5) is 4.39 Å². The van der Waals surface area contributed by atoms with Crippen LogP contribution in [0, 0.1) is 19.7 Å². The molecule has 0 atom stereocenters. The third kappa shape index (κ3) is 2.42. The molecule has 2 aromatic rings. The molecule has 0 bridgehead atoms. The van der Waals surface area contributed by atoms with Gasteiger partial charge >= 0.3 is 0 Å². The Morgan fingerprint density at radius 1 is 1.33 bits per heavy atom. The first-order valence-corrected chi connectivity index (χ1v) is 6.76. The van der Waals surface area contributed by atoms with Crippen LogP contribution in [0.25, 0.3) is 5.69 Å². The number of amides is 1. The molecule has 0 spiro atoms. The summed E-state index contributed by atoms with van der Waals surface area (Å²) in [6.45, 7) is 4.30. The molecule has 0 aliphatic carbocycles. The fourth-order valence-electron chi connectivity index (χ4n) is 2.49. The molecule has 1 amide bonds. The highest BCUT2D eigenvalue weighted by molar-refractivity contribution is 5.95. The van der Waals surface area contributed by atoms with Gasteiger partial charge in [-0.3, -0.25) is 4.79 Å². The molecule has 1 aliphatic heterocycles. The van der Waals surface area contributed by atoms with Gasteiger partial charge in [-0.15, -0.1) is 0 Å². The highest BCUT2D eigenvalue weighted by Crippen LogP contribution is 2.20. The first kappa shape index (κ1) is 13.8. The lowest BCUT2D eigenvalue weighted by atomic mass is 10.1. The first-order chi connectivity index (χ1) is 9.95. The van der Waals surface area contributed by atoms with E-state index in [2.05, 4.69) is 5.10 Å². The number of hydrogen-bond acceptors (Lipinski definition) is 3. The van der Waals surface area contributed by atoms with Crippen molar-refractivity contribution >= 4 is 5.91 Å². The lowest BCUT2D eigenvalue weighted by Crippen LogP contribution is -2.53. The molecule has 0 unspecified atom stereocenters. The lowest BCUT2D eigenvalue weighted by molar-refractivity contribution is 0.00587. The monoisotopic (exact) mass is 289 g/mol. The summed E-state index contributed by atoms with van der Waals surface area (Å²) in [4.78, 5) is 13.6. The van der Waals surface area contributed by atoms with Gasteiger partial charge in [0.2, 0.25) is 0 Å². The maximum Gasteiger partial charge on any atom is 0.254 e. The third-order valence-electron chi connectivity index (χ3n) is 3.58. The summed E-state index contributed by atoms with van der Waals surface area (Å²) >= 11 is 0. The quantitative estimate of drug-likeness (QED) is 0.910. The van der Waals surface area contributed by atoms with Gasteiger partial charge in [-0.05, 0) is 38.1 Å². The molecule has 21 heavy (non-hydrogen) atoms. The fourth-order valence-corrected chi connectivity index (χ4v) is 2.49. The van der Waals surface area contributed by atoms with Crippen LogP contribution in [-0.4, -0.2) is 44.9 Å². The summed E-state index contributed by atoms with van der Waals surface area (Å²) in [7, 11) is 0. The number of β-amino-alcohol motifs (C(OH)–C–C–N with tert-alkyl or cyclic N) is 1. The zero-order valence-electron chi connectivity index (χ0n) is 11.9. The normalized spacial score (nSPS) is 15.1. The van der Waals surface area contributed by atoms with Crippen molar-refractivity contribution in [3.63, 3.8) is 0 Å². The van der Waals surface area contributed by atoms with E-state index in [0.29, 0.717) is 18.8 Å². The van der Waals surface area contributed by atoms with E-state index >= 15 is 0 Å². The number of aromatic nitrogens is 2. The largest absolute Gasteiger partial charge is 0.389 e. The van der Waals surface area contributed by atoms with E-state index in [1.807, 2.05) is 19.9 Å². The fraction of sp³-hybridized carbons (Fsp3) is 0.333. The van der Waals surface area contributed by atoms with Crippen molar-refractivity contribution in [3.8, 4) is 5.69 Å². The molecule has 2 heterocycles. The topological polar surface area (TPSA) is 58.4 Å². The molecule has 1 saturated heterocycles. The van der Waals surface area contributed by atoms with Gasteiger partial charge in [0, 0.05) is 24.3 Å². The van der Waals surface area contributed by atoms with Gasteiger partial charge in [0.05, 0.1) is 11.8 Å². The molecule has 1 fully saturated rings. The Labute approximate surface area is 121 Å². The maximum atomic E-state index is 14.3. The molecule has 6 heteroatoms. The number of halogens is 1. The van der Waals surface area contributed by atoms with Crippen molar-refractivity contribution in [1.29, 1.82) is 0 Å². The van der Waals surface area contributed by atoms with Crippen molar-refractivity contribution in [2.75, 3.05) is 13.1 Å². The summed E-state index contributed by atoms with van der Waals surface area (Å²) in [5.41, 5.74) is 2.24. The predicted octanol–water partition coefficient (Wildman–Crippen LogP) is 1.44. The summed E-state index contributed by atoms with van der Waals surface area (Å²) in [6.07, 6.45) is -0.465. The Balaban J connectivity index is 1.89. The maximum absolute atomic E-state index is 14.3. The molecule has 110 valence electrons.